The van der Waals surface area contributed by atoms with Gasteiger partial charge in [0, 0.05) is 19.6 Å². The van der Waals surface area contributed by atoms with E-state index < -0.39 is 0 Å². The van der Waals surface area contributed by atoms with Crippen molar-refractivity contribution in [2.24, 2.45) is 11.8 Å². The number of hydrogen-bond acceptors (Lipinski definition) is 3. The second-order valence-corrected chi connectivity index (χ2v) is 5.55. The lowest BCUT2D eigenvalue weighted by Gasteiger charge is -2.36. The molecule has 3 nitrogen and oxygen atoms in total. The maximum atomic E-state index is 4.35. The lowest BCUT2D eigenvalue weighted by Crippen LogP contribution is -2.38. The van der Waals surface area contributed by atoms with E-state index in [1.54, 1.807) is 0 Å². The Morgan fingerprint density at radius 2 is 2.17 bits per heavy atom. The van der Waals surface area contributed by atoms with Crippen molar-refractivity contribution in [3.63, 3.8) is 0 Å². The summed E-state index contributed by atoms with van der Waals surface area (Å²) in [6.45, 7) is 10.2. The molecular formula is C15H25N3. The monoisotopic (exact) mass is 247 g/mol. The van der Waals surface area contributed by atoms with Crippen molar-refractivity contribution >= 4 is 11.4 Å². The van der Waals surface area contributed by atoms with Crippen LogP contribution in [0.2, 0.25) is 0 Å². The highest BCUT2D eigenvalue weighted by atomic mass is 15.1. The van der Waals surface area contributed by atoms with Gasteiger partial charge >= 0.3 is 0 Å². The van der Waals surface area contributed by atoms with Crippen LogP contribution in [0, 0.1) is 11.8 Å². The summed E-state index contributed by atoms with van der Waals surface area (Å²) in [5.74, 6) is 1.61. The summed E-state index contributed by atoms with van der Waals surface area (Å²) in [7, 11) is 0. The second kappa shape index (κ2) is 6.07. The van der Waals surface area contributed by atoms with Crippen molar-refractivity contribution in [2.45, 2.75) is 33.6 Å². The maximum Gasteiger partial charge on any atom is 0.0573 e. The molecule has 0 aromatic carbocycles. The van der Waals surface area contributed by atoms with E-state index in [0.29, 0.717) is 0 Å². The van der Waals surface area contributed by atoms with Gasteiger partial charge in [0.1, 0.15) is 0 Å². The molecule has 1 fully saturated rings. The molecule has 1 aromatic rings. The van der Waals surface area contributed by atoms with Crippen molar-refractivity contribution in [2.75, 3.05) is 29.9 Å². The number of nitrogens with zero attached hydrogens (tertiary/aromatic N) is 2. The molecule has 2 rings (SSSR count). The van der Waals surface area contributed by atoms with E-state index in [9.17, 15) is 0 Å². The summed E-state index contributed by atoms with van der Waals surface area (Å²) < 4.78 is 0. The summed E-state index contributed by atoms with van der Waals surface area (Å²) in [5, 5.41) is 3.40. The number of rotatable bonds is 4. The van der Waals surface area contributed by atoms with Crippen LogP contribution in [0.4, 0.5) is 11.4 Å². The fraction of sp³-hybridized carbons (Fsp3) is 0.667. The minimum atomic E-state index is 0.769. The maximum absolute atomic E-state index is 4.35. The molecule has 1 saturated heterocycles. The Kier molecular flexibility index (Phi) is 4.45. The van der Waals surface area contributed by atoms with Crippen LogP contribution in [0.25, 0.3) is 0 Å². The average Bonchev–Trinajstić information content (AvgIpc) is 2.40. The first-order chi connectivity index (χ1) is 8.70. The Balaban J connectivity index is 2.04. The summed E-state index contributed by atoms with van der Waals surface area (Å²) in [6, 6.07) is 2.23. The summed E-state index contributed by atoms with van der Waals surface area (Å²) in [4.78, 5) is 6.82. The quantitative estimate of drug-likeness (QED) is 0.884. The molecule has 2 unspecified atom stereocenters. The molecule has 0 bridgehead atoms. The van der Waals surface area contributed by atoms with Crippen LogP contribution in [0.15, 0.2) is 18.5 Å². The minimum absolute atomic E-state index is 0.769. The summed E-state index contributed by atoms with van der Waals surface area (Å²) in [5.41, 5.74) is 2.40. The molecule has 0 amide bonds. The fourth-order valence-corrected chi connectivity index (χ4v) is 2.46. The molecule has 3 heteroatoms. The van der Waals surface area contributed by atoms with Gasteiger partial charge in [0.05, 0.1) is 23.8 Å². The zero-order valence-electron chi connectivity index (χ0n) is 11.8. The Hall–Kier alpha value is -1.25. The van der Waals surface area contributed by atoms with Crippen LogP contribution in [0.5, 0.6) is 0 Å². The fourth-order valence-electron chi connectivity index (χ4n) is 2.46. The molecule has 1 aromatic heterocycles. The van der Waals surface area contributed by atoms with Gasteiger partial charge in [0.15, 0.2) is 0 Å². The van der Waals surface area contributed by atoms with Gasteiger partial charge in [0.2, 0.25) is 0 Å². The summed E-state index contributed by atoms with van der Waals surface area (Å²) in [6.07, 6.45) is 6.32. The topological polar surface area (TPSA) is 28.2 Å². The Morgan fingerprint density at radius 1 is 1.33 bits per heavy atom. The number of pyridine rings is 1. The van der Waals surface area contributed by atoms with E-state index in [1.807, 2.05) is 12.4 Å². The Morgan fingerprint density at radius 3 is 2.89 bits per heavy atom. The first-order valence-corrected chi connectivity index (χ1v) is 7.14. The molecular weight excluding hydrogens is 222 g/mol. The van der Waals surface area contributed by atoms with Gasteiger partial charge in [-0.05, 0) is 30.7 Å². The molecule has 2 atom stereocenters. The number of nitrogens with one attached hydrogen (secondary N) is 1. The van der Waals surface area contributed by atoms with E-state index >= 15 is 0 Å². The molecule has 100 valence electrons. The van der Waals surface area contributed by atoms with E-state index in [0.717, 1.165) is 43.6 Å². The minimum Gasteiger partial charge on any atom is -0.384 e. The molecule has 18 heavy (non-hydrogen) atoms. The van der Waals surface area contributed by atoms with Crippen LogP contribution < -0.4 is 10.2 Å². The van der Waals surface area contributed by atoms with Crippen molar-refractivity contribution in [3.8, 4) is 0 Å². The van der Waals surface area contributed by atoms with Crippen molar-refractivity contribution in [1.82, 2.24) is 4.98 Å². The third-order valence-corrected chi connectivity index (χ3v) is 4.00. The molecule has 0 spiro atoms. The third kappa shape index (κ3) is 3.15. The van der Waals surface area contributed by atoms with Crippen molar-refractivity contribution in [1.29, 1.82) is 0 Å². The van der Waals surface area contributed by atoms with Gasteiger partial charge in [-0.2, -0.15) is 0 Å². The second-order valence-electron chi connectivity index (χ2n) is 5.55. The normalized spacial score (nSPS) is 24.1. The van der Waals surface area contributed by atoms with Gasteiger partial charge in [-0.15, -0.1) is 0 Å². The van der Waals surface area contributed by atoms with Gasteiger partial charge in [-0.3, -0.25) is 4.98 Å². The van der Waals surface area contributed by atoms with E-state index in [4.69, 9.17) is 0 Å². The average molecular weight is 247 g/mol. The lowest BCUT2D eigenvalue weighted by atomic mass is 9.88. The SMILES string of the molecule is CCCNc1cncc(N2CCC(C)C(C)C2)c1. The van der Waals surface area contributed by atoms with Crippen LogP contribution in [0.1, 0.15) is 33.6 Å². The highest BCUT2D eigenvalue weighted by molar-refractivity contribution is 5.55. The molecule has 0 saturated carbocycles. The van der Waals surface area contributed by atoms with Crippen molar-refractivity contribution in [3.05, 3.63) is 18.5 Å². The number of aromatic nitrogens is 1. The number of piperidine rings is 1. The zero-order valence-corrected chi connectivity index (χ0v) is 11.8. The highest BCUT2D eigenvalue weighted by Gasteiger charge is 2.22. The lowest BCUT2D eigenvalue weighted by molar-refractivity contribution is 0.324. The van der Waals surface area contributed by atoms with E-state index in [-0.39, 0.29) is 0 Å². The van der Waals surface area contributed by atoms with Crippen LogP contribution in [-0.4, -0.2) is 24.6 Å². The first-order valence-electron chi connectivity index (χ1n) is 7.14. The standard InChI is InChI=1S/C15H25N3/c1-4-6-17-14-8-15(10-16-9-14)18-7-5-12(2)13(3)11-18/h8-10,12-13,17H,4-7,11H2,1-3H3. The number of hydrogen-bond donors (Lipinski definition) is 1. The molecule has 1 aliphatic heterocycles. The van der Waals surface area contributed by atoms with E-state index in [1.165, 1.54) is 12.1 Å². The predicted molar refractivity (Wildman–Crippen MR) is 78.2 cm³/mol. The molecule has 2 heterocycles. The molecule has 1 aliphatic rings. The van der Waals surface area contributed by atoms with Gasteiger partial charge in [-0.1, -0.05) is 20.8 Å². The smallest absolute Gasteiger partial charge is 0.0573 e. The first kappa shape index (κ1) is 13.2. The third-order valence-electron chi connectivity index (χ3n) is 4.00. The predicted octanol–water partition coefficient (Wildman–Crippen LogP) is 3.39. The zero-order chi connectivity index (χ0) is 13.0. The van der Waals surface area contributed by atoms with Gasteiger partial charge in [0.25, 0.3) is 0 Å². The number of anilines is 2. The highest BCUT2D eigenvalue weighted by Crippen LogP contribution is 2.27. The Bertz CT molecular complexity index is 378. The van der Waals surface area contributed by atoms with Crippen LogP contribution in [-0.2, 0) is 0 Å². The van der Waals surface area contributed by atoms with Crippen LogP contribution >= 0.6 is 0 Å². The Labute approximate surface area is 111 Å². The van der Waals surface area contributed by atoms with Gasteiger partial charge < -0.3 is 10.2 Å². The molecule has 1 N–H and O–H groups in total. The molecule has 0 aliphatic carbocycles. The molecule has 0 radical (unpaired) electrons. The largest absolute Gasteiger partial charge is 0.384 e. The van der Waals surface area contributed by atoms with Gasteiger partial charge in [-0.25, -0.2) is 0 Å². The van der Waals surface area contributed by atoms with Crippen molar-refractivity contribution < 1.29 is 0 Å². The van der Waals surface area contributed by atoms with E-state index in [2.05, 4.69) is 42.0 Å². The summed E-state index contributed by atoms with van der Waals surface area (Å²) >= 11 is 0. The van der Waals surface area contributed by atoms with Crippen LogP contribution in [0.3, 0.4) is 0 Å².